The predicted molar refractivity (Wildman–Crippen MR) is 151 cm³/mol. The molecular weight excluding hydrogens is 520 g/mol. The lowest BCUT2D eigenvalue weighted by Crippen LogP contribution is -2.40. The lowest BCUT2D eigenvalue weighted by Gasteiger charge is -2.33. The minimum Gasteiger partial charge on any atom is -0.381 e. The van der Waals surface area contributed by atoms with Gasteiger partial charge in [-0.2, -0.15) is 13.2 Å². The van der Waals surface area contributed by atoms with Crippen LogP contribution in [0.25, 0.3) is 11.4 Å². The molecule has 0 radical (unpaired) electrons. The molecule has 0 fully saturated rings. The van der Waals surface area contributed by atoms with Gasteiger partial charge in [0.25, 0.3) is 0 Å². The SMILES string of the molecule is CCCCCCC(F)COC1CCc2cc(-c3ccc(CCCCCOCCCCC)cn3)nc(F)c2C1(F)F. The fraction of sp³-hybridized carbons (Fsp3) is 0.688. The first-order valence-corrected chi connectivity index (χ1v) is 15.2. The van der Waals surface area contributed by atoms with Crippen molar-refractivity contribution in [1.82, 2.24) is 9.97 Å². The number of unbranched alkanes of at least 4 members (excludes halogenated alkanes) is 7. The number of aromatic nitrogens is 2. The third-order valence-electron chi connectivity index (χ3n) is 7.55. The van der Waals surface area contributed by atoms with Crippen molar-refractivity contribution in [1.29, 1.82) is 0 Å². The van der Waals surface area contributed by atoms with E-state index in [2.05, 4.69) is 23.8 Å². The lowest BCUT2D eigenvalue weighted by atomic mass is 9.86. The Labute approximate surface area is 237 Å². The number of hydrogen-bond donors (Lipinski definition) is 0. The van der Waals surface area contributed by atoms with Gasteiger partial charge in [-0.3, -0.25) is 4.98 Å². The van der Waals surface area contributed by atoms with E-state index in [1.165, 1.54) is 18.9 Å². The normalized spacial score (nSPS) is 17.1. The van der Waals surface area contributed by atoms with Crippen LogP contribution in [0.15, 0.2) is 24.4 Å². The second kappa shape index (κ2) is 17.0. The average Bonchev–Trinajstić information content (AvgIpc) is 2.94. The van der Waals surface area contributed by atoms with E-state index >= 15 is 13.2 Å². The van der Waals surface area contributed by atoms with Gasteiger partial charge in [0.15, 0.2) is 0 Å². The summed E-state index contributed by atoms with van der Waals surface area (Å²) in [7, 11) is 0. The molecule has 0 saturated carbocycles. The number of ether oxygens (including phenoxy) is 2. The van der Waals surface area contributed by atoms with E-state index in [1.807, 2.05) is 6.07 Å². The van der Waals surface area contributed by atoms with Gasteiger partial charge in [-0.25, -0.2) is 9.37 Å². The Kier molecular flexibility index (Phi) is 13.8. The number of hydrogen-bond acceptors (Lipinski definition) is 4. The number of alkyl halides is 3. The Balaban J connectivity index is 1.51. The van der Waals surface area contributed by atoms with Crippen molar-refractivity contribution in [2.24, 2.45) is 0 Å². The van der Waals surface area contributed by atoms with Crippen LogP contribution in [-0.4, -0.2) is 42.1 Å². The van der Waals surface area contributed by atoms with E-state index in [9.17, 15) is 4.39 Å². The molecule has 8 heteroatoms. The molecule has 0 saturated heterocycles. The zero-order valence-corrected chi connectivity index (χ0v) is 24.2. The van der Waals surface area contributed by atoms with E-state index < -0.39 is 36.3 Å². The third kappa shape index (κ3) is 9.79. The van der Waals surface area contributed by atoms with Crippen LogP contribution in [0.3, 0.4) is 0 Å². The summed E-state index contributed by atoms with van der Waals surface area (Å²) in [5.41, 5.74) is 1.20. The highest BCUT2D eigenvalue weighted by Gasteiger charge is 2.49. The summed E-state index contributed by atoms with van der Waals surface area (Å²) in [6.45, 7) is 5.47. The van der Waals surface area contributed by atoms with Crippen LogP contribution in [0.5, 0.6) is 0 Å². The van der Waals surface area contributed by atoms with Crippen LogP contribution in [0.1, 0.15) is 108 Å². The predicted octanol–water partition coefficient (Wildman–Crippen LogP) is 8.93. The smallest absolute Gasteiger partial charge is 0.303 e. The molecule has 2 aromatic heterocycles. The summed E-state index contributed by atoms with van der Waals surface area (Å²) in [4.78, 5) is 8.26. The fourth-order valence-corrected chi connectivity index (χ4v) is 5.15. The molecule has 0 aliphatic heterocycles. The van der Waals surface area contributed by atoms with Gasteiger partial charge in [-0.05, 0) is 68.2 Å². The Hall–Kier alpha value is -2.06. The molecular formula is C32H46F4N2O2. The second-order valence-corrected chi connectivity index (χ2v) is 10.9. The minimum absolute atomic E-state index is 0.0123. The summed E-state index contributed by atoms with van der Waals surface area (Å²) < 4.78 is 70.6. The van der Waals surface area contributed by atoms with Crippen molar-refractivity contribution in [2.45, 2.75) is 122 Å². The zero-order chi connectivity index (χ0) is 28.8. The molecule has 2 heterocycles. The molecule has 1 aliphatic carbocycles. The van der Waals surface area contributed by atoms with Crippen molar-refractivity contribution in [3.63, 3.8) is 0 Å². The van der Waals surface area contributed by atoms with E-state index in [4.69, 9.17) is 9.47 Å². The van der Waals surface area contributed by atoms with Crippen molar-refractivity contribution in [3.8, 4) is 11.4 Å². The summed E-state index contributed by atoms with van der Waals surface area (Å²) >= 11 is 0. The highest BCUT2D eigenvalue weighted by molar-refractivity contribution is 5.57. The third-order valence-corrected chi connectivity index (χ3v) is 7.55. The first-order valence-electron chi connectivity index (χ1n) is 15.2. The molecule has 0 N–H and O–H groups in total. The van der Waals surface area contributed by atoms with Gasteiger partial charge in [-0.1, -0.05) is 64.9 Å². The quantitative estimate of drug-likeness (QED) is 0.0967. The summed E-state index contributed by atoms with van der Waals surface area (Å²) in [5.74, 6) is -4.80. The van der Waals surface area contributed by atoms with Crippen LogP contribution >= 0.6 is 0 Å². The minimum atomic E-state index is -3.58. The number of halogens is 4. The van der Waals surface area contributed by atoms with Crippen LogP contribution in [0.2, 0.25) is 0 Å². The highest BCUT2D eigenvalue weighted by Crippen LogP contribution is 2.43. The van der Waals surface area contributed by atoms with Crippen LogP contribution in [0.4, 0.5) is 17.6 Å². The Morgan fingerprint density at radius 1 is 0.950 bits per heavy atom. The van der Waals surface area contributed by atoms with Crippen LogP contribution < -0.4 is 0 Å². The van der Waals surface area contributed by atoms with Gasteiger partial charge in [-0.15, -0.1) is 0 Å². The van der Waals surface area contributed by atoms with E-state index in [0.29, 0.717) is 12.1 Å². The Bertz CT molecular complexity index is 1000. The van der Waals surface area contributed by atoms with E-state index in [0.717, 1.165) is 70.1 Å². The first-order chi connectivity index (χ1) is 19.4. The fourth-order valence-electron chi connectivity index (χ4n) is 5.15. The lowest BCUT2D eigenvalue weighted by molar-refractivity contribution is -0.160. The number of nitrogens with zero attached hydrogens (tertiary/aromatic N) is 2. The monoisotopic (exact) mass is 566 g/mol. The van der Waals surface area contributed by atoms with Gasteiger partial charge < -0.3 is 9.47 Å². The molecule has 0 aromatic carbocycles. The van der Waals surface area contributed by atoms with E-state index in [-0.39, 0.29) is 30.5 Å². The van der Waals surface area contributed by atoms with Gasteiger partial charge in [0.2, 0.25) is 5.95 Å². The first kappa shape index (κ1) is 32.5. The summed E-state index contributed by atoms with van der Waals surface area (Å²) in [6.07, 6.45) is 10.5. The second-order valence-electron chi connectivity index (χ2n) is 10.9. The largest absolute Gasteiger partial charge is 0.381 e. The summed E-state index contributed by atoms with van der Waals surface area (Å²) in [5, 5.41) is 0. The number of fused-ring (bicyclic) bond motifs is 1. The van der Waals surface area contributed by atoms with Crippen LogP contribution in [-0.2, 0) is 28.2 Å². The maximum atomic E-state index is 15.2. The zero-order valence-electron chi connectivity index (χ0n) is 24.2. The molecule has 0 amide bonds. The molecule has 224 valence electrons. The highest BCUT2D eigenvalue weighted by atomic mass is 19.3. The summed E-state index contributed by atoms with van der Waals surface area (Å²) in [6, 6.07) is 5.18. The van der Waals surface area contributed by atoms with Crippen molar-refractivity contribution in [3.05, 3.63) is 47.0 Å². The molecule has 4 nitrogen and oxygen atoms in total. The molecule has 2 unspecified atom stereocenters. The van der Waals surface area contributed by atoms with Crippen molar-refractivity contribution in [2.75, 3.05) is 19.8 Å². The Morgan fingerprint density at radius 3 is 2.40 bits per heavy atom. The molecule has 3 rings (SSSR count). The van der Waals surface area contributed by atoms with Crippen molar-refractivity contribution >= 4 is 0 Å². The Morgan fingerprint density at radius 2 is 1.68 bits per heavy atom. The van der Waals surface area contributed by atoms with Gasteiger partial charge in [0, 0.05) is 19.4 Å². The molecule has 0 bridgehead atoms. The molecule has 2 atom stereocenters. The molecule has 2 aromatic rings. The maximum Gasteiger partial charge on any atom is 0.303 e. The average molecular weight is 567 g/mol. The van der Waals surface area contributed by atoms with E-state index in [1.54, 1.807) is 12.3 Å². The topological polar surface area (TPSA) is 44.2 Å². The molecule has 1 aliphatic rings. The maximum absolute atomic E-state index is 15.2. The van der Waals surface area contributed by atoms with Gasteiger partial charge in [0.1, 0.15) is 12.3 Å². The van der Waals surface area contributed by atoms with Crippen molar-refractivity contribution < 1.29 is 27.0 Å². The number of aryl methyl sites for hydroxylation is 2. The van der Waals surface area contributed by atoms with Gasteiger partial charge in [0.05, 0.1) is 23.6 Å². The van der Waals surface area contributed by atoms with Gasteiger partial charge >= 0.3 is 5.92 Å². The standard InChI is InChI=1S/C32H46F4N2O2/c1-3-5-7-10-14-26(33)23-40-29-18-16-25-21-28(38-31(34)30(25)32(29,35)36)27-17-15-24(22-37-27)13-9-8-12-20-39-19-11-6-4-2/h15,17,21-22,26,29H,3-14,16,18-20,23H2,1-2H3. The number of pyridine rings is 2. The molecule has 0 spiro atoms. The molecule has 40 heavy (non-hydrogen) atoms. The number of rotatable bonds is 19. The van der Waals surface area contributed by atoms with Crippen LogP contribution in [0, 0.1) is 5.95 Å².